The van der Waals surface area contributed by atoms with Crippen molar-refractivity contribution in [1.29, 1.82) is 0 Å². The highest BCUT2D eigenvalue weighted by atomic mass is 35.5. The Balaban J connectivity index is 2.17. The van der Waals surface area contributed by atoms with Crippen LogP contribution in [-0.2, 0) is 6.54 Å². The van der Waals surface area contributed by atoms with Gasteiger partial charge >= 0.3 is 0 Å². The smallest absolute Gasteiger partial charge is 0.128 e. The minimum Gasteiger partial charge on any atom is -0.322 e. The number of hydrogen-bond donors (Lipinski definition) is 0. The Morgan fingerprint density at radius 1 is 1.24 bits per heavy atom. The molecule has 0 aliphatic carbocycles. The van der Waals surface area contributed by atoms with Gasteiger partial charge in [-0.05, 0) is 55.7 Å². The quantitative estimate of drug-likeness (QED) is 0.671. The first-order valence-electron chi connectivity index (χ1n) is 7.06. The van der Waals surface area contributed by atoms with Crippen LogP contribution < -0.4 is 0 Å². The number of hydrogen-bond acceptors (Lipinski definition) is 2. The summed E-state index contributed by atoms with van der Waals surface area (Å²) >= 11 is 6.33. The highest BCUT2D eigenvalue weighted by Gasteiger charge is 2.15. The average Bonchev–Trinajstić information content (AvgIpc) is 2.80. The van der Waals surface area contributed by atoms with E-state index in [1.807, 2.05) is 19.3 Å². The van der Waals surface area contributed by atoms with E-state index in [1.165, 1.54) is 16.7 Å². The molecule has 21 heavy (non-hydrogen) atoms. The van der Waals surface area contributed by atoms with Crippen LogP contribution in [0.5, 0.6) is 0 Å². The van der Waals surface area contributed by atoms with Crippen molar-refractivity contribution in [2.45, 2.75) is 32.7 Å². The van der Waals surface area contributed by atoms with Crippen molar-refractivity contribution in [2.75, 3.05) is 0 Å². The number of pyridine rings is 1. The summed E-state index contributed by atoms with van der Waals surface area (Å²) in [6.07, 6.45) is 3.72. The summed E-state index contributed by atoms with van der Waals surface area (Å²) in [5.41, 5.74) is 5.77. The average molecular weight is 300 g/mol. The molecule has 3 aromatic rings. The largest absolute Gasteiger partial charge is 0.322 e. The van der Waals surface area contributed by atoms with Gasteiger partial charge in [-0.2, -0.15) is 0 Å². The van der Waals surface area contributed by atoms with E-state index in [1.54, 1.807) is 0 Å². The van der Waals surface area contributed by atoms with Crippen LogP contribution in [0, 0.1) is 13.8 Å². The number of fused-ring (bicyclic) bond motifs is 1. The Kier molecular flexibility index (Phi) is 3.68. The van der Waals surface area contributed by atoms with Gasteiger partial charge in [0.1, 0.15) is 5.82 Å². The van der Waals surface area contributed by atoms with E-state index in [0.29, 0.717) is 0 Å². The number of imidazole rings is 1. The predicted molar refractivity (Wildman–Crippen MR) is 86.8 cm³/mol. The number of rotatable bonds is 3. The second-order valence-corrected chi connectivity index (χ2v) is 6.12. The summed E-state index contributed by atoms with van der Waals surface area (Å²) in [6, 6.07) is 8.37. The van der Waals surface area contributed by atoms with Crippen molar-refractivity contribution in [3.63, 3.8) is 0 Å². The molecule has 3 rings (SSSR count). The monoisotopic (exact) mass is 299 g/mol. The molecule has 0 aliphatic rings. The van der Waals surface area contributed by atoms with Crippen LogP contribution in [-0.4, -0.2) is 14.5 Å². The van der Waals surface area contributed by atoms with Gasteiger partial charge in [-0.15, -0.1) is 11.6 Å². The molecule has 0 amide bonds. The zero-order chi connectivity index (χ0) is 15.0. The molecule has 4 heteroatoms. The van der Waals surface area contributed by atoms with Gasteiger partial charge < -0.3 is 4.57 Å². The lowest BCUT2D eigenvalue weighted by Crippen LogP contribution is -2.07. The molecule has 2 heterocycles. The summed E-state index contributed by atoms with van der Waals surface area (Å²) in [5, 5.41) is -0.125. The molecular weight excluding hydrogens is 282 g/mol. The van der Waals surface area contributed by atoms with Gasteiger partial charge in [-0.25, -0.2) is 4.98 Å². The van der Waals surface area contributed by atoms with E-state index in [4.69, 9.17) is 16.6 Å². The number of aryl methyl sites for hydroxylation is 2. The van der Waals surface area contributed by atoms with Crippen molar-refractivity contribution in [3.8, 4) is 0 Å². The fourth-order valence-corrected chi connectivity index (χ4v) is 2.74. The van der Waals surface area contributed by atoms with Crippen molar-refractivity contribution in [3.05, 3.63) is 59.2 Å². The lowest BCUT2D eigenvalue weighted by Gasteiger charge is -2.12. The molecule has 0 bridgehead atoms. The number of benzene rings is 1. The third-order valence-electron chi connectivity index (χ3n) is 3.75. The fraction of sp³-hybridized carbons (Fsp3) is 0.294. The Bertz CT molecular complexity index is 790. The number of alkyl halides is 1. The summed E-state index contributed by atoms with van der Waals surface area (Å²) < 4.78 is 2.21. The maximum atomic E-state index is 6.33. The standard InChI is InChI=1S/C17H18ClN3/c1-11-4-5-15-16(8-11)21(17(20-15)13(3)18)10-14-6-7-19-9-12(14)2/h4-9,13H,10H2,1-3H3. The molecule has 0 saturated carbocycles. The van der Waals surface area contributed by atoms with Crippen LogP contribution in [0.25, 0.3) is 11.0 Å². The van der Waals surface area contributed by atoms with E-state index in [0.717, 1.165) is 23.4 Å². The third kappa shape index (κ3) is 2.66. The summed E-state index contributed by atoms with van der Waals surface area (Å²) in [6.45, 7) is 6.90. The number of aromatic nitrogens is 3. The molecule has 0 aliphatic heterocycles. The van der Waals surface area contributed by atoms with E-state index in [2.05, 4.69) is 47.7 Å². The molecular formula is C17H18ClN3. The minimum atomic E-state index is -0.125. The van der Waals surface area contributed by atoms with Crippen LogP contribution in [0.2, 0.25) is 0 Å². The normalized spacial score (nSPS) is 12.8. The van der Waals surface area contributed by atoms with Crippen molar-refractivity contribution in [2.24, 2.45) is 0 Å². The molecule has 1 atom stereocenters. The summed E-state index contributed by atoms with van der Waals surface area (Å²) in [5.74, 6) is 0.911. The van der Waals surface area contributed by atoms with Crippen molar-refractivity contribution >= 4 is 22.6 Å². The zero-order valence-electron chi connectivity index (χ0n) is 12.5. The second kappa shape index (κ2) is 5.49. The van der Waals surface area contributed by atoms with Crippen molar-refractivity contribution < 1.29 is 0 Å². The molecule has 0 radical (unpaired) electrons. The molecule has 2 aromatic heterocycles. The second-order valence-electron chi connectivity index (χ2n) is 5.47. The lowest BCUT2D eigenvalue weighted by molar-refractivity contribution is 0.738. The SMILES string of the molecule is Cc1ccc2nc(C(C)Cl)n(Cc3ccncc3C)c2c1. The van der Waals surface area contributed by atoms with Crippen molar-refractivity contribution in [1.82, 2.24) is 14.5 Å². The number of nitrogens with zero attached hydrogens (tertiary/aromatic N) is 3. The first-order valence-corrected chi connectivity index (χ1v) is 7.50. The summed E-state index contributed by atoms with van der Waals surface area (Å²) in [7, 11) is 0. The number of halogens is 1. The van der Waals surface area contributed by atoms with E-state index in [9.17, 15) is 0 Å². The molecule has 0 saturated heterocycles. The van der Waals surface area contributed by atoms with Crippen LogP contribution in [0.15, 0.2) is 36.7 Å². The molecule has 0 fully saturated rings. The van der Waals surface area contributed by atoms with Crippen LogP contribution >= 0.6 is 11.6 Å². The van der Waals surface area contributed by atoms with E-state index < -0.39 is 0 Å². The molecule has 1 aromatic carbocycles. The first kappa shape index (κ1) is 14.1. The van der Waals surface area contributed by atoms with Gasteiger partial charge in [0.2, 0.25) is 0 Å². The molecule has 0 spiro atoms. The minimum absolute atomic E-state index is 0.125. The van der Waals surface area contributed by atoms with Gasteiger partial charge in [0.15, 0.2) is 0 Å². The molecule has 1 unspecified atom stereocenters. The molecule has 0 N–H and O–H groups in total. The van der Waals surface area contributed by atoms with Gasteiger partial charge in [0.25, 0.3) is 0 Å². The third-order valence-corrected chi connectivity index (χ3v) is 3.95. The molecule has 108 valence electrons. The van der Waals surface area contributed by atoms with Crippen LogP contribution in [0.3, 0.4) is 0 Å². The highest BCUT2D eigenvalue weighted by molar-refractivity contribution is 6.20. The lowest BCUT2D eigenvalue weighted by atomic mass is 10.1. The Hall–Kier alpha value is -1.87. The maximum Gasteiger partial charge on any atom is 0.128 e. The zero-order valence-corrected chi connectivity index (χ0v) is 13.2. The Morgan fingerprint density at radius 3 is 2.76 bits per heavy atom. The van der Waals surface area contributed by atoms with Crippen LogP contribution in [0.4, 0.5) is 0 Å². The van der Waals surface area contributed by atoms with Gasteiger partial charge in [-0.1, -0.05) is 6.07 Å². The Morgan fingerprint density at radius 2 is 2.05 bits per heavy atom. The van der Waals surface area contributed by atoms with E-state index in [-0.39, 0.29) is 5.38 Å². The molecule has 3 nitrogen and oxygen atoms in total. The van der Waals surface area contributed by atoms with Gasteiger partial charge in [-0.3, -0.25) is 4.98 Å². The summed E-state index contributed by atoms with van der Waals surface area (Å²) in [4.78, 5) is 8.85. The Labute approximate surface area is 129 Å². The maximum absolute atomic E-state index is 6.33. The van der Waals surface area contributed by atoms with E-state index >= 15 is 0 Å². The predicted octanol–water partition coefficient (Wildman–Crippen LogP) is 4.40. The van der Waals surface area contributed by atoms with Gasteiger partial charge in [0, 0.05) is 18.9 Å². The fourth-order valence-electron chi connectivity index (χ4n) is 2.57. The van der Waals surface area contributed by atoms with Crippen LogP contribution in [0.1, 0.15) is 34.8 Å². The highest BCUT2D eigenvalue weighted by Crippen LogP contribution is 2.26. The first-order chi connectivity index (χ1) is 10.1. The topological polar surface area (TPSA) is 30.7 Å². The van der Waals surface area contributed by atoms with Gasteiger partial charge in [0.05, 0.1) is 16.4 Å².